The Morgan fingerprint density at radius 3 is 2.29 bits per heavy atom. The van der Waals surface area contributed by atoms with Crippen LogP contribution in [-0.4, -0.2) is 66.1 Å². The number of ether oxygens (including phenoxy) is 1. The number of amides is 2. The minimum atomic E-state index is -1.19. The lowest BCUT2D eigenvalue weighted by atomic mass is 9.90. The molecule has 1 fully saturated rings. The van der Waals surface area contributed by atoms with Gasteiger partial charge in [0.25, 0.3) is 0 Å². The third-order valence-electron chi connectivity index (χ3n) is 3.94. The van der Waals surface area contributed by atoms with Gasteiger partial charge in [-0.1, -0.05) is 25.7 Å². The zero-order chi connectivity index (χ0) is 15.7. The van der Waals surface area contributed by atoms with Crippen molar-refractivity contribution in [2.75, 3.05) is 33.4 Å². The quantitative estimate of drug-likeness (QED) is 0.605. The summed E-state index contributed by atoms with van der Waals surface area (Å²) in [6.07, 6.45) is 4.48. The maximum Gasteiger partial charge on any atom is 0.329 e. The van der Waals surface area contributed by atoms with Crippen molar-refractivity contribution in [2.24, 2.45) is 0 Å². The number of hydrogen-bond donors (Lipinski definition) is 3. The van der Waals surface area contributed by atoms with Crippen LogP contribution in [0.3, 0.4) is 0 Å². The van der Waals surface area contributed by atoms with Gasteiger partial charge in [-0.2, -0.15) is 0 Å². The fraction of sp³-hybridized carbons (Fsp3) is 0.857. The van der Waals surface area contributed by atoms with E-state index in [9.17, 15) is 14.7 Å². The molecule has 0 heterocycles. The molecule has 1 rings (SSSR count). The Morgan fingerprint density at radius 2 is 1.81 bits per heavy atom. The Bertz CT molecular complexity index is 340. The summed E-state index contributed by atoms with van der Waals surface area (Å²) >= 11 is 0. The number of aliphatic hydroxyl groups excluding tert-OH is 1. The van der Waals surface area contributed by atoms with E-state index >= 15 is 0 Å². The molecule has 1 aliphatic carbocycles. The van der Waals surface area contributed by atoms with E-state index in [1.165, 1.54) is 12.0 Å². The number of urea groups is 1. The average molecular weight is 302 g/mol. The van der Waals surface area contributed by atoms with Gasteiger partial charge in [-0.15, -0.1) is 0 Å². The molecule has 122 valence electrons. The van der Waals surface area contributed by atoms with Crippen molar-refractivity contribution in [3.05, 3.63) is 0 Å². The first kappa shape index (κ1) is 17.7. The first-order valence-electron chi connectivity index (χ1n) is 7.46. The topological polar surface area (TPSA) is 99.1 Å². The van der Waals surface area contributed by atoms with E-state index in [-0.39, 0.29) is 13.2 Å². The molecule has 1 aliphatic rings. The molecular formula is C14H26N2O5. The van der Waals surface area contributed by atoms with Crippen LogP contribution in [0.1, 0.15) is 38.5 Å². The van der Waals surface area contributed by atoms with E-state index in [1.807, 2.05) is 0 Å². The summed E-state index contributed by atoms with van der Waals surface area (Å²) in [7, 11) is 1.53. The van der Waals surface area contributed by atoms with Gasteiger partial charge >= 0.3 is 12.0 Å². The summed E-state index contributed by atoms with van der Waals surface area (Å²) in [6, 6.07) is -0.453. The molecule has 0 aliphatic heterocycles. The molecule has 0 saturated heterocycles. The number of methoxy groups -OCH3 is 1. The molecule has 0 aromatic rings. The normalized spacial score (nSPS) is 17.8. The van der Waals surface area contributed by atoms with E-state index < -0.39 is 17.5 Å². The minimum absolute atomic E-state index is 0.158. The first-order chi connectivity index (χ1) is 10.1. The van der Waals surface area contributed by atoms with E-state index in [4.69, 9.17) is 9.84 Å². The third kappa shape index (κ3) is 5.17. The van der Waals surface area contributed by atoms with E-state index in [0.29, 0.717) is 26.0 Å². The van der Waals surface area contributed by atoms with Crippen LogP contribution < -0.4 is 5.32 Å². The summed E-state index contributed by atoms with van der Waals surface area (Å²) in [5, 5.41) is 21.3. The molecule has 7 heteroatoms. The van der Waals surface area contributed by atoms with Crippen LogP contribution in [-0.2, 0) is 9.53 Å². The highest BCUT2D eigenvalue weighted by atomic mass is 16.5. The van der Waals surface area contributed by atoms with Gasteiger partial charge in [-0.05, 0) is 12.8 Å². The van der Waals surface area contributed by atoms with E-state index in [2.05, 4.69) is 5.32 Å². The van der Waals surface area contributed by atoms with Crippen molar-refractivity contribution in [1.29, 1.82) is 0 Å². The van der Waals surface area contributed by atoms with Gasteiger partial charge in [-0.25, -0.2) is 9.59 Å². The number of carbonyl (C=O) groups is 2. The fourth-order valence-electron chi connectivity index (χ4n) is 2.65. The molecule has 0 aromatic carbocycles. The second-order valence-electron chi connectivity index (χ2n) is 5.44. The van der Waals surface area contributed by atoms with E-state index in [1.54, 1.807) is 0 Å². The molecule has 21 heavy (non-hydrogen) atoms. The third-order valence-corrected chi connectivity index (χ3v) is 3.94. The highest BCUT2D eigenvalue weighted by Crippen LogP contribution is 2.27. The molecular weight excluding hydrogens is 276 g/mol. The maximum absolute atomic E-state index is 12.3. The van der Waals surface area contributed by atoms with Crippen molar-refractivity contribution in [3.8, 4) is 0 Å². The average Bonchev–Trinajstić information content (AvgIpc) is 2.70. The zero-order valence-electron chi connectivity index (χ0n) is 12.6. The number of rotatable bonds is 7. The predicted octanol–water partition coefficient (Wildman–Crippen LogP) is 0.814. The van der Waals surface area contributed by atoms with Crippen LogP contribution >= 0.6 is 0 Å². The summed E-state index contributed by atoms with van der Waals surface area (Å²) in [5.41, 5.74) is -1.19. The molecule has 0 radical (unpaired) electrons. The SMILES string of the molecule is COCCN(CCO)C(=O)NC1(C(=O)O)CCCCCC1. The zero-order valence-corrected chi connectivity index (χ0v) is 12.6. The van der Waals surface area contributed by atoms with Gasteiger partial charge < -0.3 is 25.2 Å². The fourth-order valence-corrected chi connectivity index (χ4v) is 2.65. The van der Waals surface area contributed by atoms with Crippen LogP contribution in [0, 0.1) is 0 Å². The Hall–Kier alpha value is -1.34. The van der Waals surface area contributed by atoms with Gasteiger partial charge in [0.2, 0.25) is 0 Å². The Kier molecular flexibility index (Phi) is 7.45. The summed E-state index contributed by atoms with van der Waals surface area (Å²) < 4.78 is 4.93. The van der Waals surface area contributed by atoms with Gasteiger partial charge in [0.05, 0.1) is 13.2 Å². The van der Waals surface area contributed by atoms with Crippen LogP contribution in [0.2, 0.25) is 0 Å². The highest BCUT2D eigenvalue weighted by molar-refractivity contribution is 5.86. The van der Waals surface area contributed by atoms with Gasteiger partial charge in [0.1, 0.15) is 5.54 Å². The number of carbonyl (C=O) groups excluding carboxylic acids is 1. The minimum Gasteiger partial charge on any atom is -0.480 e. The van der Waals surface area contributed by atoms with Gasteiger partial charge in [0.15, 0.2) is 0 Å². The number of carboxylic acid groups (broad SMARTS) is 1. The van der Waals surface area contributed by atoms with Gasteiger partial charge in [0, 0.05) is 20.2 Å². The molecule has 0 bridgehead atoms. The number of carboxylic acids is 1. The molecule has 2 amide bonds. The lowest BCUT2D eigenvalue weighted by Gasteiger charge is -2.32. The summed E-state index contributed by atoms with van der Waals surface area (Å²) in [5.74, 6) is -0.978. The standard InChI is InChI=1S/C14H26N2O5/c1-21-11-9-16(8-10-17)13(20)15-14(12(18)19)6-4-2-3-5-7-14/h17H,2-11H2,1H3,(H,15,20)(H,18,19). The largest absolute Gasteiger partial charge is 0.480 e. The first-order valence-corrected chi connectivity index (χ1v) is 7.46. The summed E-state index contributed by atoms with van der Waals surface area (Å²) in [6.45, 7) is 0.647. The van der Waals surface area contributed by atoms with E-state index in [0.717, 1.165) is 25.7 Å². The number of nitrogens with zero attached hydrogens (tertiary/aromatic N) is 1. The predicted molar refractivity (Wildman–Crippen MR) is 77.1 cm³/mol. The highest BCUT2D eigenvalue weighted by Gasteiger charge is 2.40. The number of nitrogens with one attached hydrogen (secondary N) is 1. The van der Waals surface area contributed by atoms with Crippen molar-refractivity contribution in [3.63, 3.8) is 0 Å². The molecule has 0 atom stereocenters. The van der Waals surface area contributed by atoms with Crippen molar-refractivity contribution in [1.82, 2.24) is 10.2 Å². The molecule has 0 aromatic heterocycles. The lowest BCUT2D eigenvalue weighted by Crippen LogP contribution is -2.58. The van der Waals surface area contributed by atoms with Crippen molar-refractivity contribution in [2.45, 2.75) is 44.1 Å². The Labute approximate surface area is 125 Å². The maximum atomic E-state index is 12.3. The van der Waals surface area contributed by atoms with Crippen LogP contribution in [0.4, 0.5) is 4.79 Å². The number of hydrogen-bond acceptors (Lipinski definition) is 4. The number of aliphatic carboxylic acids is 1. The molecule has 1 saturated carbocycles. The van der Waals surface area contributed by atoms with Crippen LogP contribution in [0.25, 0.3) is 0 Å². The van der Waals surface area contributed by atoms with Gasteiger partial charge in [-0.3, -0.25) is 0 Å². The Morgan fingerprint density at radius 1 is 1.19 bits per heavy atom. The molecule has 0 spiro atoms. The second kappa shape index (κ2) is 8.84. The molecule has 3 N–H and O–H groups in total. The second-order valence-corrected chi connectivity index (χ2v) is 5.44. The van der Waals surface area contributed by atoms with Crippen molar-refractivity contribution >= 4 is 12.0 Å². The monoisotopic (exact) mass is 302 g/mol. The van der Waals surface area contributed by atoms with Crippen LogP contribution in [0.15, 0.2) is 0 Å². The van der Waals surface area contributed by atoms with Crippen molar-refractivity contribution < 1.29 is 24.5 Å². The lowest BCUT2D eigenvalue weighted by molar-refractivity contribution is -0.145. The smallest absolute Gasteiger partial charge is 0.329 e. The molecule has 0 unspecified atom stereocenters. The molecule has 7 nitrogen and oxygen atoms in total. The van der Waals surface area contributed by atoms with Crippen LogP contribution in [0.5, 0.6) is 0 Å². The number of aliphatic hydroxyl groups is 1. The Balaban J connectivity index is 2.75. The summed E-state index contributed by atoms with van der Waals surface area (Å²) in [4.78, 5) is 25.4.